The fourth-order valence-electron chi connectivity index (χ4n) is 2.36. The molecule has 1 aliphatic rings. The van der Waals surface area contributed by atoms with Gasteiger partial charge >= 0.3 is 12.0 Å². The Balaban J connectivity index is 1.87. The molecule has 2 N–H and O–H groups in total. The fraction of sp³-hybridized carbons (Fsp3) is 0.375. The van der Waals surface area contributed by atoms with Crippen molar-refractivity contribution in [3.8, 4) is 0 Å². The van der Waals surface area contributed by atoms with Crippen LogP contribution in [-0.2, 0) is 6.42 Å². The molecule has 0 unspecified atom stereocenters. The number of hydrogen-bond donors (Lipinski definition) is 2. The first-order valence-corrected chi connectivity index (χ1v) is 7.05. The van der Waals surface area contributed by atoms with E-state index in [1.807, 2.05) is 6.07 Å². The summed E-state index contributed by atoms with van der Waals surface area (Å²) in [6, 6.07) is 6.96. The van der Waals surface area contributed by atoms with Gasteiger partial charge in [0.2, 0.25) is 0 Å². The largest absolute Gasteiger partial charge is 0.478 e. The number of carbonyl (C=O) groups is 2. The Bertz CT molecular complexity index is 546. The van der Waals surface area contributed by atoms with E-state index in [2.05, 4.69) is 17.5 Å². The fourth-order valence-corrected chi connectivity index (χ4v) is 2.36. The normalized spacial score (nSPS) is 14.1. The topological polar surface area (TPSA) is 69.6 Å². The number of rotatable bonds is 5. The van der Waals surface area contributed by atoms with Gasteiger partial charge in [0, 0.05) is 19.6 Å². The molecule has 5 nitrogen and oxygen atoms in total. The lowest BCUT2D eigenvalue weighted by molar-refractivity contribution is 0.0695. The maximum absolute atomic E-state index is 12.0. The second-order valence-corrected chi connectivity index (χ2v) is 5.22. The third-order valence-corrected chi connectivity index (χ3v) is 3.65. The molecule has 0 atom stereocenters. The van der Waals surface area contributed by atoms with Gasteiger partial charge in [-0.15, -0.1) is 0 Å². The molecule has 2 rings (SSSR count). The molecular weight excluding hydrogens is 268 g/mol. The van der Waals surface area contributed by atoms with Crippen LogP contribution in [0.4, 0.5) is 4.79 Å². The standard InChI is InChI=1S/C16H20N2O3/c1-18(16(21)17-13-7-3-4-8-13)11-10-12-6-2-5-9-14(12)15(19)20/h2-6,9,13H,7-8,10-11H2,1H3,(H,17,21)(H,19,20). The molecule has 112 valence electrons. The molecule has 0 bridgehead atoms. The van der Waals surface area contributed by atoms with Crippen molar-refractivity contribution in [3.05, 3.63) is 47.5 Å². The van der Waals surface area contributed by atoms with Crippen molar-refractivity contribution in [2.75, 3.05) is 13.6 Å². The molecule has 21 heavy (non-hydrogen) atoms. The summed E-state index contributed by atoms with van der Waals surface area (Å²) in [4.78, 5) is 24.7. The Morgan fingerprint density at radius 3 is 2.62 bits per heavy atom. The summed E-state index contributed by atoms with van der Waals surface area (Å²) in [5.74, 6) is -0.935. The predicted octanol–water partition coefficient (Wildman–Crippen LogP) is 2.29. The van der Waals surface area contributed by atoms with Gasteiger partial charge in [0.15, 0.2) is 0 Å². The number of amides is 2. The molecule has 0 spiro atoms. The van der Waals surface area contributed by atoms with Gasteiger partial charge in [-0.05, 0) is 30.9 Å². The average Bonchev–Trinajstić information content (AvgIpc) is 2.97. The second kappa shape index (κ2) is 6.92. The molecule has 5 heteroatoms. The first-order chi connectivity index (χ1) is 10.1. The lowest BCUT2D eigenvalue weighted by Gasteiger charge is -2.21. The van der Waals surface area contributed by atoms with Crippen molar-refractivity contribution >= 4 is 12.0 Å². The van der Waals surface area contributed by atoms with Gasteiger partial charge in [0.25, 0.3) is 0 Å². The molecular formula is C16H20N2O3. The summed E-state index contributed by atoms with van der Waals surface area (Å²) >= 11 is 0. The summed E-state index contributed by atoms with van der Waals surface area (Å²) in [6.45, 7) is 0.482. The average molecular weight is 288 g/mol. The molecule has 2 amide bonds. The molecule has 1 aromatic carbocycles. The Hall–Kier alpha value is -2.30. The molecule has 0 fully saturated rings. The molecule has 0 heterocycles. The number of nitrogens with zero attached hydrogens (tertiary/aromatic N) is 1. The highest BCUT2D eigenvalue weighted by Crippen LogP contribution is 2.11. The van der Waals surface area contributed by atoms with Crippen LogP contribution in [-0.4, -0.2) is 41.6 Å². The highest BCUT2D eigenvalue weighted by atomic mass is 16.4. The van der Waals surface area contributed by atoms with Gasteiger partial charge in [0.1, 0.15) is 0 Å². The number of likely N-dealkylation sites (N-methyl/N-ethyl adjacent to an activating group) is 1. The van der Waals surface area contributed by atoms with Crippen LogP contribution in [0.25, 0.3) is 0 Å². The third kappa shape index (κ3) is 4.08. The van der Waals surface area contributed by atoms with E-state index in [9.17, 15) is 9.59 Å². The van der Waals surface area contributed by atoms with Crippen molar-refractivity contribution in [1.29, 1.82) is 0 Å². The minimum atomic E-state index is -0.935. The van der Waals surface area contributed by atoms with Gasteiger partial charge in [-0.3, -0.25) is 0 Å². The highest BCUT2D eigenvalue weighted by Gasteiger charge is 2.16. The number of hydrogen-bond acceptors (Lipinski definition) is 2. The Kier molecular flexibility index (Phi) is 4.98. The SMILES string of the molecule is CN(CCc1ccccc1C(=O)O)C(=O)NC1CC=CC1. The zero-order chi connectivity index (χ0) is 15.2. The summed E-state index contributed by atoms with van der Waals surface area (Å²) in [5, 5.41) is 12.1. The van der Waals surface area contributed by atoms with Crippen LogP contribution in [0.5, 0.6) is 0 Å². The van der Waals surface area contributed by atoms with Gasteiger partial charge < -0.3 is 15.3 Å². The quantitative estimate of drug-likeness (QED) is 0.817. The molecule has 1 aliphatic carbocycles. The minimum Gasteiger partial charge on any atom is -0.478 e. The number of nitrogens with one attached hydrogen (secondary N) is 1. The van der Waals surface area contributed by atoms with Crippen LogP contribution in [0.2, 0.25) is 0 Å². The van der Waals surface area contributed by atoms with E-state index in [1.165, 1.54) is 0 Å². The highest BCUT2D eigenvalue weighted by molar-refractivity contribution is 5.89. The third-order valence-electron chi connectivity index (χ3n) is 3.65. The monoisotopic (exact) mass is 288 g/mol. The van der Waals surface area contributed by atoms with Crippen LogP contribution in [0.3, 0.4) is 0 Å². The van der Waals surface area contributed by atoms with E-state index in [4.69, 9.17) is 5.11 Å². The summed E-state index contributed by atoms with van der Waals surface area (Å²) < 4.78 is 0. The lowest BCUT2D eigenvalue weighted by atomic mass is 10.0. The van der Waals surface area contributed by atoms with Gasteiger partial charge in [0.05, 0.1) is 5.56 Å². The zero-order valence-corrected chi connectivity index (χ0v) is 12.1. The lowest BCUT2D eigenvalue weighted by Crippen LogP contribution is -2.42. The zero-order valence-electron chi connectivity index (χ0n) is 12.1. The first-order valence-electron chi connectivity index (χ1n) is 7.05. The van der Waals surface area contributed by atoms with Crippen molar-refractivity contribution in [1.82, 2.24) is 10.2 Å². The number of carboxylic acid groups (broad SMARTS) is 1. The van der Waals surface area contributed by atoms with Crippen LogP contribution >= 0.6 is 0 Å². The first kappa shape index (κ1) is 15.1. The summed E-state index contributed by atoms with van der Waals surface area (Å²) in [7, 11) is 1.72. The van der Waals surface area contributed by atoms with E-state index in [1.54, 1.807) is 30.1 Å². The molecule has 0 aliphatic heterocycles. The van der Waals surface area contributed by atoms with Crippen molar-refractivity contribution in [2.24, 2.45) is 0 Å². The number of benzene rings is 1. The Morgan fingerprint density at radius 1 is 1.29 bits per heavy atom. The molecule has 1 aromatic rings. The number of aromatic carboxylic acids is 1. The predicted molar refractivity (Wildman–Crippen MR) is 80.4 cm³/mol. The van der Waals surface area contributed by atoms with E-state index < -0.39 is 5.97 Å². The minimum absolute atomic E-state index is 0.114. The molecule has 0 saturated heterocycles. The smallest absolute Gasteiger partial charge is 0.335 e. The number of carbonyl (C=O) groups excluding carboxylic acids is 1. The van der Waals surface area contributed by atoms with Crippen molar-refractivity contribution in [2.45, 2.75) is 25.3 Å². The van der Waals surface area contributed by atoms with E-state index in [0.717, 1.165) is 18.4 Å². The van der Waals surface area contributed by atoms with Crippen molar-refractivity contribution in [3.63, 3.8) is 0 Å². The molecule has 0 saturated carbocycles. The van der Waals surface area contributed by atoms with Crippen LogP contribution in [0.15, 0.2) is 36.4 Å². The van der Waals surface area contributed by atoms with E-state index in [0.29, 0.717) is 18.5 Å². The summed E-state index contributed by atoms with van der Waals surface area (Å²) in [5.41, 5.74) is 1.04. The Morgan fingerprint density at radius 2 is 1.95 bits per heavy atom. The Labute approximate surface area is 124 Å². The number of carboxylic acids is 1. The van der Waals surface area contributed by atoms with Crippen LogP contribution < -0.4 is 5.32 Å². The number of urea groups is 1. The molecule has 0 radical (unpaired) electrons. The van der Waals surface area contributed by atoms with Gasteiger partial charge in [-0.25, -0.2) is 9.59 Å². The summed E-state index contributed by atoms with van der Waals surface area (Å²) in [6.07, 6.45) is 6.40. The van der Waals surface area contributed by atoms with Crippen LogP contribution in [0, 0.1) is 0 Å². The second-order valence-electron chi connectivity index (χ2n) is 5.22. The van der Waals surface area contributed by atoms with E-state index in [-0.39, 0.29) is 12.1 Å². The molecule has 0 aromatic heterocycles. The maximum atomic E-state index is 12.0. The van der Waals surface area contributed by atoms with E-state index >= 15 is 0 Å². The maximum Gasteiger partial charge on any atom is 0.335 e. The van der Waals surface area contributed by atoms with Crippen molar-refractivity contribution < 1.29 is 14.7 Å². The van der Waals surface area contributed by atoms with Gasteiger partial charge in [-0.2, -0.15) is 0 Å². The van der Waals surface area contributed by atoms with Gasteiger partial charge in [-0.1, -0.05) is 30.4 Å². The van der Waals surface area contributed by atoms with Crippen LogP contribution in [0.1, 0.15) is 28.8 Å².